The molecule has 0 heterocycles. The van der Waals surface area contributed by atoms with Crippen molar-refractivity contribution in [1.29, 1.82) is 0 Å². The Morgan fingerprint density at radius 3 is 1.96 bits per heavy atom. The van der Waals surface area contributed by atoms with Gasteiger partial charge in [0.1, 0.15) is 0 Å². The molecule has 0 aliphatic heterocycles. The molecule has 27 heavy (non-hydrogen) atoms. The molecule has 0 aromatic heterocycles. The van der Waals surface area contributed by atoms with Gasteiger partial charge in [0.05, 0.1) is 0 Å². The first-order valence-corrected chi connectivity index (χ1v) is 8.73. The summed E-state index contributed by atoms with van der Waals surface area (Å²) in [6.45, 7) is 8.05. The van der Waals surface area contributed by atoms with Gasteiger partial charge in [0.25, 0.3) is 0 Å². The lowest BCUT2D eigenvalue weighted by Crippen LogP contribution is -2.57. The maximum Gasteiger partial charge on any atom is 0.407 e. The minimum absolute atomic E-state index is 0.402. The van der Waals surface area contributed by atoms with E-state index in [1.807, 2.05) is 0 Å². The van der Waals surface area contributed by atoms with E-state index in [9.17, 15) is 26.3 Å². The van der Waals surface area contributed by atoms with E-state index in [2.05, 4.69) is 0 Å². The van der Waals surface area contributed by atoms with Gasteiger partial charge in [-0.25, -0.2) is 0 Å². The molecule has 0 N–H and O–H groups in total. The highest BCUT2D eigenvalue weighted by molar-refractivity contribution is 5.39. The molecular weight excluding hydrogens is 366 g/mol. The van der Waals surface area contributed by atoms with Gasteiger partial charge >= 0.3 is 12.4 Å². The van der Waals surface area contributed by atoms with Crippen LogP contribution in [0, 0.1) is 25.2 Å². The quantitative estimate of drug-likeness (QED) is 0.478. The summed E-state index contributed by atoms with van der Waals surface area (Å²) in [5.74, 6) is -0.446. The first kappa shape index (κ1) is 21.6. The number of rotatable bonds is 3. The van der Waals surface area contributed by atoms with Crippen LogP contribution in [0.4, 0.5) is 26.3 Å². The molecule has 6 heteroatoms. The lowest BCUT2D eigenvalue weighted by molar-refractivity contribution is -0.311. The maximum atomic E-state index is 14.2. The molecule has 2 rings (SSSR count). The minimum Gasteiger partial charge on any atom is -0.170 e. The van der Waals surface area contributed by atoms with E-state index in [1.165, 1.54) is 26.0 Å². The Hall–Kier alpha value is -1.72. The summed E-state index contributed by atoms with van der Waals surface area (Å²) in [6, 6.07) is 3.32. The fourth-order valence-electron chi connectivity index (χ4n) is 3.81. The molecule has 0 saturated carbocycles. The number of aryl methyl sites for hydroxylation is 2. The summed E-state index contributed by atoms with van der Waals surface area (Å²) in [4.78, 5) is 0. The number of allylic oxidation sites excluding steroid dienone is 4. The zero-order valence-electron chi connectivity index (χ0n) is 16.0. The Labute approximate surface area is 156 Å². The monoisotopic (exact) mass is 390 g/mol. The van der Waals surface area contributed by atoms with Crippen molar-refractivity contribution in [2.75, 3.05) is 0 Å². The average molecular weight is 390 g/mol. The van der Waals surface area contributed by atoms with Crippen LogP contribution >= 0.6 is 0 Å². The normalized spacial score (nSPS) is 24.1. The highest BCUT2D eigenvalue weighted by atomic mass is 19.4. The molecule has 2 unspecified atom stereocenters. The van der Waals surface area contributed by atoms with E-state index in [0.29, 0.717) is 11.1 Å². The summed E-state index contributed by atoms with van der Waals surface area (Å²) >= 11 is 0. The van der Waals surface area contributed by atoms with Crippen LogP contribution in [0.3, 0.4) is 0 Å². The zero-order valence-corrected chi connectivity index (χ0v) is 16.0. The van der Waals surface area contributed by atoms with Gasteiger partial charge in [0.15, 0.2) is 5.41 Å². The molecule has 0 fully saturated rings. The lowest BCUT2D eigenvalue weighted by Gasteiger charge is -2.46. The number of benzene rings is 1. The third kappa shape index (κ3) is 3.55. The summed E-state index contributed by atoms with van der Waals surface area (Å²) in [6.07, 6.45) is -7.33. The van der Waals surface area contributed by atoms with Crippen LogP contribution in [0.2, 0.25) is 0 Å². The largest absolute Gasteiger partial charge is 0.407 e. The van der Waals surface area contributed by atoms with Crippen molar-refractivity contribution in [3.05, 3.63) is 58.7 Å². The predicted molar refractivity (Wildman–Crippen MR) is 94.5 cm³/mol. The van der Waals surface area contributed by atoms with Crippen LogP contribution < -0.4 is 0 Å². The van der Waals surface area contributed by atoms with Gasteiger partial charge in [0.2, 0.25) is 0 Å². The molecule has 0 nitrogen and oxygen atoms in total. The summed E-state index contributed by atoms with van der Waals surface area (Å²) in [7, 11) is 0. The second-order valence-corrected chi connectivity index (χ2v) is 7.87. The van der Waals surface area contributed by atoms with Gasteiger partial charge in [-0.15, -0.1) is 0 Å². The van der Waals surface area contributed by atoms with Crippen LogP contribution in [0.15, 0.2) is 42.0 Å². The number of alkyl halides is 6. The van der Waals surface area contributed by atoms with Crippen molar-refractivity contribution < 1.29 is 26.3 Å². The zero-order chi connectivity index (χ0) is 20.8. The van der Waals surface area contributed by atoms with E-state index in [-0.39, 0.29) is 0 Å². The van der Waals surface area contributed by atoms with Crippen molar-refractivity contribution in [3.63, 3.8) is 0 Å². The van der Waals surface area contributed by atoms with Crippen LogP contribution in [0.5, 0.6) is 0 Å². The maximum absolute atomic E-state index is 14.2. The molecule has 1 aliphatic carbocycles. The topological polar surface area (TPSA) is 0 Å². The fraction of sp³-hybridized carbons (Fsp3) is 0.524. The smallest absolute Gasteiger partial charge is 0.170 e. The molecule has 1 aromatic carbocycles. The van der Waals surface area contributed by atoms with Gasteiger partial charge in [-0.3, -0.25) is 0 Å². The van der Waals surface area contributed by atoms with Crippen LogP contribution in [-0.4, -0.2) is 12.4 Å². The van der Waals surface area contributed by atoms with Crippen molar-refractivity contribution in [2.24, 2.45) is 11.3 Å². The molecule has 1 aliphatic rings. The van der Waals surface area contributed by atoms with Crippen molar-refractivity contribution in [3.8, 4) is 0 Å². The van der Waals surface area contributed by atoms with Gasteiger partial charge in [-0.2, -0.15) is 26.3 Å². The van der Waals surface area contributed by atoms with E-state index in [4.69, 9.17) is 0 Å². The molecule has 0 saturated heterocycles. The molecule has 2 atom stereocenters. The van der Waals surface area contributed by atoms with Crippen molar-refractivity contribution >= 4 is 0 Å². The van der Waals surface area contributed by atoms with Gasteiger partial charge in [-0.05, 0) is 55.2 Å². The standard InChI is InChI=1S/C21H24F6/c1-13-8-9-17(11-15(13)3)19(20(22,23)24,21(25,26)27)12-18(5)10-6-7-14(2)16(18)4/h6-11,16H,12H2,1-5H3. The second-order valence-electron chi connectivity index (χ2n) is 7.87. The highest BCUT2D eigenvalue weighted by Crippen LogP contribution is 2.59. The summed E-state index contributed by atoms with van der Waals surface area (Å²) < 4.78 is 85.1. The molecule has 0 spiro atoms. The molecule has 1 aromatic rings. The van der Waals surface area contributed by atoms with E-state index in [1.54, 1.807) is 32.9 Å². The van der Waals surface area contributed by atoms with Crippen molar-refractivity contribution in [1.82, 2.24) is 0 Å². The molecule has 0 bridgehead atoms. The number of hydrogen-bond donors (Lipinski definition) is 0. The van der Waals surface area contributed by atoms with Crippen LogP contribution in [0.25, 0.3) is 0 Å². The Bertz CT molecular complexity index is 752. The van der Waals surface area contributed by atoms with Gasteiger partial charge in [-0.1, -0.05) is 55.8 Å². The first-order chi connectivity index (χ1) is 12.2. The number of hydrogen-bond acceptors (Lipinski definition) is 0. The van der Waals surface area contributed by atoms with Gasteiger partial charge < -0.3 is 0 Å². The summed E-state index contributed by atoms with van der Waals surface area (Å²) in [5.41, 5.74) is -4.17. The third-order valence-electron chi connectivity index (χ3n) is 6.12. The Balaban J connectivity index is 2.75. The number of halogens is 6. The van der Waals surface area contributed by atoms with E-state index in [0.717, 1.165) is 17.7 Å². The Kier molecular flexibility index (Phi) is 5.36. The Morgan fingerprint density at radius 2 is 1.48 bits per heavy atom. The van der Waals surface area contributed by atoms with E-state index >= 15 is 0 Å². The van der Waals surface area contributed by atoms with Crippen molar-refractivity contribution in [2.45, 2.75) is 58.8 Å². The average Bonchev–Trinajstić information content (AvgIpc) is 2.51. The fourth-order valence-corrected chi connectivity index (χ4v) is 3.81. The molecule has 150 valence electrons. The molecule has 0 radical (unpaired) electrons. The van der Waals surface area contributed by atoms with E-state index < -0.39 is 41.1 Å². The second kappa shape index (κ2) is 6.71. The minimum atomic E-state index is -5.49. The molecule has 0 amide bonds. The lowest BCUT2D eigenvalue weighted by atomic mass is 9.60. The highest BCUT2D eigenvalue weighted by Gasteiger charge is 2.72. The SMILES string of the molecule is CC1=CC=CC(C)(CC(c2ccc(C)c(C)c2)(C(F)(F)F)C(F)(F)F)C1C. The van der Waals surface area contributed by atoms with Crippen LogP contribution in [-0.2, 0) is 5.41 Å². The summed E-state index contributed by atoms with van der Waals surface area (Å²) in [5, 5.41) is 0. The first-order valence-electron chi connectivity index (χ1n) is 8.73. The third-order valence-corrected chi connectivity index (χ3v) is 6.12. The predicted octanol–water partition coefficient (Wildman–Crippen LogP) is 7.21. The molecular formula is C21H24F6. The Morgan fingerprint density at radius 1 is 0.926 bits per heavy atom. The van der Waals surface area contributed by atoms with Gasteiger partial charge in [0, 0.05) is 0 Å². The van der Waals surface area contributed by atoms with Crippen LogP contribution in [0.1, 0.15) is 43.9 Å².